The highest BCUT2D eigenvalue weighted by molar-refractivity contribution is 6.01. The van der Waals surface area contributed by atoms with E-state index in [0.29, 0.717) is 22.5 Å². The van der Waals surface area contributed by atoms with E-state index in [1.54, 1.807) is 43.3 Å². The van der Waals surface area contributed by atoms with Gasteiger partial charge in [0.1, 0.15) is 0 Å². The van der Waals surface area contributed by atoms with Crippen LogP contribution < -0.4 is 10.7 Å². The zero-order chi connectivity index (χ0) is 18.4. The van der Waals surface area contributed by atoms with Crippen LogP contribution in [-0.2, 0) is 4.79 Å². The van der Waals surface area contributed by atoms with Gasteiger partial charge in [-0.15, -0.1) is 0 Å². The number of nitrogens with zero attached hydrogens (tertiary/aromatic N) is 2. The number of carbonyl (C=O) groups is 2. The molecule has 2 N–H and O–H groups in total. The Bertz CT molecular complexity index is 827. The number of nitro groups is 1. The van der Waals surface area contributed by atoms with E-state index in [1.165, 1.54) is 19.1 Å². The van der Waals surface area contributed by atoms with Crippen LogP contribution in [-0.4, -0.2) is 22.4 Å². The van der Waals surface area contributed by atoms with Gasteiger partial charge in [0.2, 0.25) is 5.91 Å². The molecule has 25 heavy (non-hydrogen) atoms. The Morgan fingerprint density at radius 3 is 2.04 bits per heavy atom. The van der Waals surface area contributed by atoms with Crippen LogP contribution in [0.3, 0.4) is 0 Å². The molecular weight excluding hydrogens is 324 g/mol. The molecule has 0 spiro atoms. The van der Waals surface area contributed by atoms with E-state index in [2.05, 4.69) is 15.8 Å². The van der Waals surface area contributed by atoms with Gasteiger partial charge in [-0.05, 0) is 48.9 Å². The molecule has 0 saturated carbocycles. The summed E-state index contributed by atoms with van der Waals surface area (Å²) in [5, 5.41) is 17.2. The van der Waals surface area contributed by atoms with Crippen LogP contribution in [0.4, 0.5) is 11.4 Å². The molecule has 0 aliphatic carbocycles. The number of anilines is 1. The number of hydrazone groups is 1. The molecule has 0 heterocycles. The number of hydrogen-bond acceptors (Lipinski definition) is 5. The monoisotopic (exact) mass is 340 g/mol. The Balaban J connectivity index is 2.03. The largest absolute Gasteiger partial charge is 0.326 e. The third-order valence-corrected chi connectivity index (χ3v) is 3.29. The summed E-state index contributed by atoms with van der Waals surface area (Å²) in [6.07, 6.45) is 0. The van der Waals surface area contributed by atoms with Crippen molar-refractivity contribution >= 4 is 28.9 Å². The van der Waals surface area contributed by atoms with E-state index in [-0.39, 0.29) is 11.6 Å². The number of nitro benzene ring substituents is 1. The number of benzene rings is 2. The fourth-order valence-corrected chi connectivity index (χ4v) is 2.00. The predicted octanol–water partition coefficient (Wildman–Crippen LogP) is 2.71. The maximum absolute atomic E-state index is 12.1. The van der Waals surface area contributed by atoms with Crippen molar-refractivity contribution in [3.63, 3.8) is 0 Å². The molecule has 0 atom stereocenters. The molecule has 0 saturated heterocycles. The van der Waals surface area contributed by atoms with Crippen molar-refractivity contribution in [1.82, 2.24) is 5.43 Å². The van der Waals surface area contributed by atoms with Crippen LogP contribution in [0.5, 0.6) is 0 Å². The Kier molecular flexibility index (Phi) is 5.57. The molecule has 2 aromatic rings. The average Bonchev–Trinajstić information content (AvgIpc) is 2.59. The SMILES string of the molecule is CC(=O)Nc1ccc(C(=O)NN=C(C)c2ccc([N+](=O)[O-])cc2)cc1. The third-order valence-electron chi connectivity index (χ3n) is 3.29. The molecule has 0 aliphatic rings. The number of hydrogen-bond donors (Lipinski definition) is 2. The molecule has 128 valence electrons. The van der Waals surface area contributed by atoms with Crippen molar-refractivity contribution in [3.8, 4) is 0 Å². The van der Waals surface area contributed by atoms with Crippen molar-refractivity contribution in [2.45, 2.75) is 13.8 Å². The molecule has 2 amide bonds. The van der Waals surface area contributed by atoms with Gasteiger partial charge >= 0.3 is 0 Å². The summed E-state index contributed by atoms with van der Waals surface area (Å²) < 4.78 is 0. The summed E-state index contributed by atoms with van der Waals surface area (Å²) in [7, 11) is 0. The smallest absolute Gasteiger partial charge is 0.271 e. The first-order chi connectivity index (χ1) is 11.9. The highest BCUT2D eigenvalue weighted by Gasteiger charge is 2.07. The van der Waals surface area contributed by atoms with Gasteiger partial charge in [0.05, 0.1) is 10.6 Å². The second-order valence-corrected chi connectivity index (χ2v) is 5.20. The topological polar surface area (TPSA) is 114 Å². The Hall–Kier alpha value is -3.55. The standard InChI is InChI=1S/C17H16N4O4/c1-11(13-5-9-16(10-6-13)21(24)25)19-20-17(23)14-3-7-15(8-4-14)18-12(2)22/h3-10H,1-2H3,(H,18,22)(H,20,23). The number of non-ortho nitro benzene ring substituents is 1. The highest BCUT2D eigenvalue weighted by Crippen LogP contribution is 2.13. The van der Waals surface area contributed by atoms with Gasteiger partial charge in [0.15, 0.2) is 0 Å². The summed E-state index contributed by atoms with van der Waals surface area (Å²) in [5.41, 5.74) is 4.56. The van der Waals surface area contributed by atoms with Gasteiger partial charge in [-0.25, -0.2) is 5.43 Å². The van der Waals surface area contributed by atoms with Crippen LogP contribution >= 0.6 is 0 Å². The number of carbonyl (C=O) groups excluding carboxylic acids is 2. The molecule has 0 radical (unpaired) electrons. The first-order valence-corrected chi connectivity index (χ1v) is 7.34. The van der Waals surface area contributed by atoms with Gasteiger partial charge in [0.25, 0.3) is 11.6 Å². The minimum Gasteiger partial charge on any atom is -0.326 e. The second kappa shape index (κ2) is 7.82. The first-order valence-electron chi connectivity index (χ1n) is 7.34. The molecule has 0 aromatic heterocycles. The van der Waals surface area contributed by atoms with Gasteiger partial charge < -0.3 is 5.32 Å². The second-order valence-electron chi connectivity index (χ2n) is 5.20. The van der Waals surface area contributed by atoms with Crippen LogP contribution in [0.25, 0.3) is 0 Å². The minimum atomic E-state index is -0.483. The fourth-order valence-electron chi connectivity index (χ4n) is 2.00. The number of rotatable bonds is 5. The zero-order valence-electron chi connectivity index (χ0n) is 13.6. The highest BCUT2D eigenvalue weighted by atomic mass is 16.6. The lowest BCUT2D eigenvalue weighted by Gasteiger charge is -2.05. The van der Waals surface area contributed by atoms with E-state index < -0.39 is 10.8 Å². The van der Waals surface area contributed by atoms with Crippen molar-refractivity contribution in [3.05, 3.63) is 69.8 Å². The quantitative estimate of drug-likeness (QED) is 0.495. The Morgan fingerprint density at radius 2 is 1.52 bits per heavy atom. The molecule has 0 unspecified atom stereocenters. The molecule has 8 heteroatoms. The van der Waals surface area contributed by atoms with Gasteiger partial charge in [-0.2, -0.15) is 5.10 Å². The summed E-state index contributed by atoms with van der Waals surface area (Å²) in [6.45, 7) is 3.08. The normalized spacial score (nSPS) is 10.9. The van der Waals surface area contributed by atoms with Crippen LogP contribution in [0.15, 0.2) is 53.6 Å². The maximum Gasteiger partial charge on any atom is 0.271 e. The van der Waals surface area contributed by atoms with Gasteiger partial charge in [-0.3, -0.25) is 19.7 Å². The van der Waals surface area contributed by atoms with Crippen molar-refractivity contribution < 1.29 is 14.5 Å². The summed E-state index contributed by atoms with van der Waals surface area (Å²) in [5.74, 6) is -0.601. The third kappa shape index (κ3) is 4.96. The number of amides is 2. The average molecular weight is 340 g/mol. The molecule has 0 aliphatic heterocycles. The van der Waals surface area contributed by atoms with Crippen LogP contribution in [0.1, 0.15) is 29.8 Å². The molecule has 8 nitrogen and oxygen atoms in total. The molecule has 2 rings (SSSR count). The van der Waals surface area contributed by atoms with Crippen molar-refractivity contribution in [2.24, 2.45) is 5.10 Å². The lowest BCUT2D eigenvalue weighted by atomic mass is 10.1. The van der Waals surface area contributed by atoms with Crippen LogP contribution in [0.2, 0.25) is 0 Å². The minimum absolute atomic E-state index is 0.0140. The summed E-state index contributed by atoms with van der Waals surface area (Å²) in [6, 6.07) is 12.2. The van der Waals surface area contributed by atoms with Crippen molar-refractivity contribution in [2.75, 3.05) is 5.32 Å². The lowest BCUT2D eigenvalue weighted by molar-refractivity contribution is -0.384. The zero-order valence-corrected chi connectivity index (χ0v) is 13.6. The van der Waals surface area contributed by atoms with Gasteiger partial charge in [-0.1, -0.05) is 0 Å². The molecule has 0 fully saturated rings. The molecule has 0 bridgehead atoms. The number of nitrogens with one attached hydrogen (secondary N) is 2. The Morgan fingerprint density at radius 1 is 0.960 bits per heavy atom. The van der Waals surface area contributed by atoms with E-state index in [1.807, 2.05) is 0 Å². The Labute approximate surface area is 143 Å². The van der Waals surface area contributed by atoms with E-state index >= 15 is 0 Å². The predicted molar refractivity (Wildman–Crippen MR) is 93.5 cm³/mol. The lowest BCUT2D eigenvalue weighted by Crippen LogP contribution is -2.19. The summed E-state index contributed by atoms with van der Waals surface area (Å²) in [4.78, 5) is 33.2. The summed E-state index contributed by atoms with van der Waals surface area (Å²) >= 11 is 0. The molecular formula is C17H16N4O4. The van der Waals surface area contributed by atoms with Gasteiger partial charge in [0, 0.05) is 30.3 Å². The molecule has 2 aromatic carbocycles. The first kappa shape index (κ1) is 17.8. The van der Waals surface area contributed by atoms with Crippen LogP contribution in [0, 0.1) is 10.1 Å². The van der Waals surface area contributed by atoms with E-state index in [4.69, 9.17) is 0 Å². The van der Waals surface area contributed by atoms with E-state index in [9.17, 15) is 19.7 Å². The van der Waals surface area contributed by atoms with Crippen molar-refractivity contribution in [1.29, 1.82) is 0 Å². The maximum atomic E-state index is 12.1. The van der Waals surface area contributed by atoms with E-state index in [0.717, 1.165) is 0 Å². The fraction of sp³-hybridized carbons (Fsp3) is 0.118.